The molecule has 0 radical (unpaired) electrons. The summed E-state index contributed by atoms with van der Waals surface area (Å²) in [5.74, 6) is 0.167. The van der Waals surface area contributed by atoms with E-state index in [-0.39, 0.29) is 23.1 Å². The van der Waals surface area contributed by atoms with Crippen LogP contribution in [-0.4, -0.2) is 5.78 Å². The van der Waals surface area contributed by atoms with Gasteiger partial charge in [-0.25, -0.2) is 0 Å². The molecule has 1 aromatic carbocycles. The van der Waals surface area contributed by atoms with E-state index < -0.39 is 0 Å². The van der Waals surface area contributed by atoms with Crippen LogP contribution in [0.2, 0.25) is 5.02 Å². The zero-order valence-corrected chi connectivity index (χ0v) is 9.11. The summed E-state index contributed by atoms with van der Waals surface area (Å²) in [6.45, 7) is 3.06. The molecule has 0 fully saturated rings. The fourth-order valence-corrected chi connectivity index (χ4v) is 0.560. The van der Waals surface area contributed by atoms with Crippen LogP contribution in [-0.2, 0) is 22.2 Å². The van der Waals surface area contributed by atoms with Crippen LogP contribution in [0.25, 0.3) is 0 Å². The first-order chi connectivity index (χ1) is 5.13. The van der Waals surface area contributed by atoms with E-state index in [9.17, 15) is 4.79 Å². The number of benzene rings is 1. The second-order valence-corrected chi connectivity index (χ2v) is 2.64. The molecule has 1 nitrogen and oxygen atoms in total. The molecule has 0 heterocycles. The summed E-state index contributed by atoms with van der Waals surface area (Å²) in [5.41, 5.74) is 0. The number of Topliss-reactive ketones (excluding diaryl/α,β-unsaturated/α-hetero) is 1. The Morgan fingerprint density at radius 3 is 1.67 bits per heavy atom. The molecule has 0 amide bonds. The van der Waals surface area contributed by atoms with Gasteiger partial charge >= 0.3 is 0 Å². The van der Waals surface area contributed by atoms with E-state index in [0.29, 0.717) is 0 Å². The van der Waals surface area contributed by atoms with Gasteiger partial charge in [0.25, 0.3) is 0 Å². The molecule has 0 aliphatic heterocycles. The molecule has 0 atom stereocenters. The maximum atomic E-state index is 9.44. The minimum atomic E-state index is 0. The van der Waals surface area contributed by atoms with E-state index >= 15 is 0 Å². The number of hydrogen-bond donors (Lipinski definition) is 0. The van der Waals surface area contributed by atoms with Crippen LogP contribution >= 0.6 is 11.6 Å². The average molecular weight is 223 g/mol. The number of carbonyl (C=O) groups is 1. The Hall–Kier alpha value is -0.288. The number of carbonyl (C=O) groups excluding carboxylic acids is 1. The van der Waals surface area contributed by atoms with Crippen LogP contribution in [0.5, 0.6) is 0 Å². The molecule has 0 unspecified atom stereocenters. The van der Waals surface area contributed by atoms with Gasteiger partial charge in [-0.2, -0.15) is 0 Å². The second kappa shape index (κ2) is 8.81. The zero-order valence-electron chi connectivity index (χ0n) is 7.08. The van der Waals surface area contributed by atoms with Crippen LogP contribution in [0.3, 0.4) is 0 Å². The van der Waals surface area contributed by atoms with E-state index in [1.54, 1.807) is 0 Å². The zero-order chi connectivity index (χ0) is 8.69. The molecule has 0 saturated heterocycles. The summed E-state index contributed by atoms with van der Waals surface area (Å²) in [6.07, 6.45) is 0. The summed E-state index contributed by atoms with van der Waals surface area (Å²) < 4.78 is 0. The van der Waals surface area contributed by atoms with Gasteiger partial charge in [-0.3, -0.25) is 0 Å². The molecule has 0 bridgehead atoms. The summed E-state index contributed by atoms with van der Waals surface area (Å²) in [5, 5.41) is 0.794. The van der Waals surface area contributed by atoms with E-state index in [1.165, 1.54) is 13.8 Å². The molecule has 0 saturated carbocycles. The maximum Gasteiger partial charge on any atom is 0.126 e. The Balaban J connectivity index is 0. The summed E-state index contributed by atoms with van der Waals surface area (Å²) >= 11 is 5.54. The predicted molar refractivity (Wildman–Crippen MR) is 47.8 cm³/mol. The maximum absolute atomic E-state index is 9.44. The standard InChI is InChI=1S/C6H5Cl.C3H6O.Cr/c7-6-4-2-1-3-5-6;1-3(2)4;/h1-5H;1-2H3;. The van der Waals surface area contributed by atoms with E-state index in [0.717, 1.165) is 5.02 Å². The van der Waals surface area contributed by atoms with Gasteiger partial charge in [0.15, 0.2) is 0 Å². The smallest absolute Gasteiger partial charge is 0.126 e. The van der Waals surface area contributed by atoms with Crippen molar-refractivity contribution in [1.29, 1.82) is 0 Å². The van der Waals surface area contributed by atoms with Gasteiger partial charge in [0, 0.05) is 22.4 Å². The fourth-order valence-electron chi connectivity index (χ4n) is 0.415. The Labute approximate surface area is 88.9 Å². The van der Waals surface area contributed by atoms with Crippen molar-refractivity contribution in [2.75, 3.05) is 0 Å². The number of rotatable bonds is 0. The van der Waals surface area contributed by atoms with Gasteiger partial charge in [0.2, 0.25) is 0 Å². The average Bonchev–Trinajstić information content (AvgIpc) is 1.87. The van der Waals surface area contributed by atoms with Gasteiger partial charge in [-0.1, -0.05) is 29.8 Å². The van der Waals surface area contributed by atoms with Crippen molar-refractivity contribution < 1.29 is 22.2 Å². The molecule has 0 aromatic heterocycles. The topological polar surface area (TPSA) is 17.1 Å². The minimum absolute atomic E-state index is 0. The third-order valence-electron chi connectivity index (χ3n) is 0.733. The minimum Gasteiger partial charge on any atom is -0.300 e. The Morgan fingerprint density at radius 2 is 1.50 bits per heavy atom. The molecule has 0 spiro atoms. The molecule has 1 rings (SSSR count). The summed E-state index contributed by atoms with van der Waals surface area (Å²) in [4.78, 5) is 9.44. The van der Waals surface area contributed by atoms with Crippen LogP contribution in [0.1, 0.15) is 13.8 Å². The molecule has 0 N–H and O–H groups in total. The van der Waals surface area contributed by atoms with Crippen LogP contribution in [0.4, 0.5) is 0 Å². The van der Waals surface area contributed by atoms with Crippen molar-refractivity contribution in [3.8, 4) is 0 Å². The summed E-state index contributed by atoms with van der Waals surface area (Å²) in [6, 6.07) is 9.44. The van der Waals surface area contributed by atoms with Crippen molar-refractivity contribution >= 4 is 17.4 Å². The normalized spacial score (nSPS) is 7.25. The van der Waals surface area contributed by atoms with Crippen molar-refractivity contribution in [1.82, 2.24) is 0 Å². The molecule has 1 aromatic rings. The largest absolute Gasteiger partial charge is 0.300 e. The van der Waals surface area contributed by atoms with Crippen molar-refractivity contribution in [3.63, 3.8) is 0 Å². The third-order valence-corrected chi connectivity index (χ3v) is 0.985. The van der Waals surface area contributed by atoms with Crippen LogP contribution in [0.15, 0.2) is 30.3 Å². The first kappa shape index (κ1) is 14.2. The van der Waals surface area contributed by atoms with E-state index in [4.69, 9.17) is 11.6 Å². The first-order valence-electron chi connectivity index (χ1n) is 3.30. The van der Waals surface area contributed by atoms with Crippen LogP contribution in [0, 0.1) is 0 Å². The fraction of sp³-hybridized carbons (Fsp3) is 0.222. The monoisotopic (exact) mass is 222 g/mol. The second-order valence-electron chi connectivity index (χ2n) is 2.20. The summed E-state index contributed by atoms with van der Waals surface area (Å²) in [7, 11) is 0. The molecule has 12 heavy (non-hydrogen) atoms. The molecule has 0 aliphatic rings. The Morgan fingerprint density at radius 1 is 1.17 bits per heavy atom. The van der Waals surface area contributed by atoms with Gasteiger partial charge in [0.05, 0.1) is 0 Å². The van der Waals surface area contributed by atoms with E-state index in [2.05, 4.69) is 0 Å². The van der Waals surface area contributed by atoms with Gasteiger partial charge < -0.3 is 4.79 Å². The Kier molecular flexibility index (Phi) is 10.5. The van der Waals surface area contributed by atoms with Crippen molar-refractivity contribution in [2.45, 2.75) is 13.8 Å². The molecular weight excluding hydrogens is 212 g/mol. The molecule has 3 heteroatoms. The quantitative estimate of drug-likeness (QED) is 0.660. The molecule has 0 aliphatic carbocycles. The van der Waals surface area contributed by atoms with Crippen LogP contribution < -0.4 is 0 Å². The SMILES string of the molecule is CC(C)=O.Clc1ccccc1.[Cr]. The van der Waals surface area contributed by atoms with Gasteiger partial charge in [-0.05, 0) is 26.0 Å². The van der Waals surface area contributed by atoms with Gasteiger partial charge in [0.1, 0.15) is 5.78 Å². The number of ketones is 1. The van der Waals surface area contributed by atoms with Crippen molar-refractivity contribution in [3.05, 3.63) is 35.4 Å². The molecular formula is C9H11ClCrO. The predicted octanol–water partition coefficient (Wildman–Crippen LogP) is 2.93. The first-order valence-corrected chi connectivity index (χ1v) is 3.68. The number of halogens is 1. The Bertz CT molecular complexity index is 207. The third kappa shape index (κ3) is 12.4. The van der Waals surface area contributed by atoms with Gasteiger partial charge in [-0.15, -0.1) is 0 Å². The van der Waals surface area contributed by atoms with Crippen molar-refractivity contribution in [2.24, 2.45) is 0 Å². The number of hydrogen-bond acceptors (Lipinski definition) is 1. The molecule has 66 valence electrons. The van der Waals surface area contributed by atoms with E-state index in [1.807, 2.05) is 30.3 Å².